The Kier molecular flexibility index (Phi) is 6.17. The minimum absolute atomic E-state index is 0.336. The number of nitrogens with one attached hydrogen (secondary N) is 1. The van der Waals surface area contributed by atoms with Gasteiger partial charge in [-0.3, -0.25) is 4.79 Å². The van der Waals surface area contributed by atoms with E-state index in [1.165, 1.54) is 11.8 Å². The quantitative estimate of drug-likeness (QED) is 0.651. The minimum Gasteiger partial charge on any atom is -0.449 e. The summed E-state index contributed by atoms with van der Waals surface area (Å²) < 4.78 is 5.22. The average Bonchev–Trinajstić information content (AvgIpc) is 2.60. The van der Waals surface area contributed by atoms with Gasteiger partial charge >= 0.3 is 5.97 Å². The highest BCUT2D eigenvalue weighted by Gasteiger charge is 2.20. The van der Waals surface area contributed by atoms with Gasteiger partial charge in [0.05, 0.1) is 5.56 Å². The number of thioether (sulfide) groups is 1. The van der Waals surface area contributed by atoms with E-state index in [0.29, 0.717) is 17.1 Å². The van der Waals surface area contributed by atoms with Gasteiger partial charge in [0.1, 0.15) is 5.03 Å². The lowest BCUT2D eigenvalue weighted by Gasteiger charge is -2.14. The van der Waals surface area contributed by atoms with E-state index in [2.05, 4.69) is 10.3 Å². The zero-order valence-electron chi connectivity index (χ0n) is 13.0. The Labute approximate surface area is 139 Å². The first-order valence-corrected chi connectivity index (χ1v) is 8.36. The highest BCUT2D eigenvalue weighted by Crippen LogP contribution is 2.18. The minimum atomic E-state index is -0.874. The summed E-state index contributed by atoms with van der Waals surface area (Å²) in [4.78, 5) is 28.3. The third-order valence-corrected chi connectivity index (χ3v) is 3.86. The second-order valence-electron chi connectivity index (χ2n) is 4.81. The summed E-state index contributed by atoms with van der Waals surface area (Å²) in [6, 6.07) is 12.8. The Morgan fingerprint density at radius 1 is 1.22 bits per heavy atom. The first-order chi connectivity index (χ1) is 11.1. The van der Waals surface area contributed by atoms with Crippen LogP contribution in [-0.2, 0) is 16.1 Å². The van der Waals surface area contributed by atoms with Crippen molar-refractivity contribution >= 4 is 23.6 Å². The maximum absolute atomic E-state index is 12.2. The van der Waals surface area contributed by atoms with Crippen LogP contribution in [0.2, 0.25) is 0 Å². The summed E-state index contributed by atoms with van der Waals surface area (Å²) in [6.07, 6.45) is 2.56. The number of hydrogen-bond acceptors (Lipinski definition) is 5. The fourth-order valence-electron chi connectivity index (χ4n) is 1.92. The molecule has 2 rings (SSSR count). The third kappa shape index (κ3) is 4.82. The number of benzene rings is 1. The first kappa shape index (κ1) is 17.0. The molecule has 0 radical (unpaired) electrons. The zero-order valence-corrected chi connectivity index (χ0v) is 13.8. The van der Waals surface area contributed by atoms with E-state index >= 15 is 0 Å². The van der Waals surface area contributed by atoms with Crippen LogP contribution < -0.4 is 5.32 Å². The molecule has 1 N–H and O–H groups in total. The number of rotatable bonds is 6. The standard InChI is InChI=1S/C17H18N2O3S/c1-12(15(20)19-11-13-7-4-3-5-8-13)22-17(21)14-9-6-10-18-16(14)23-2/h3-10,12H,11H2,1-2H3,(H,19,20)/t12-/m0/s1. The molecule has 0 saturated heterocycles. The molecule has 120 valence electrons. The molecule has 23 heavy (non-hydrogen) atoms. The van der Waals surface area contributed by atoms with Crippen LogP contribution in [-0.4, -0.2) is 29.2 Å². The number of pyridine rings is 1. The van der Waals surface area contributed by atoms with Gasteiger partial charge in [0, 0.05) is 12.7 Å². The van der Waals surface area contributed by atoms with Gasteiger partial charge in [-0.25, -0.2) is 9.78 Å². The Balaban J connectivity index is 1.91. The fraction of sp³-hybridized carbons (Fsp3) is 0.235. The molecule has 1 aromatic heterocycles. The number of hydrogen-bond donors (Lipinski definition) is 1. The van der Waals surface area contributed by atoms with Crippen molar-refractivity contribution in [1.29, 1.82) is 0 Å². The Bertz CT molecular complexity index is 677. The summed E-state index contributed by atoms with van der Waals surface area (Å²) in [5, 5.41) is 3.33. The van der Waals surface area contributed by atoms with E-state index in [1.54, 1.807) is 25.3 Å². The highest BCUT2D eigenvalue weighted by atomic mass is 32.2. The molecule has 1 heterocycles. The van der Waals surface area contributed by atoms with Crippen molar-refractivity contribution in [3.63, 3.8) is 0 Å². The topological polar surface area (TPSA) is 68.3 Å². The molecule has 6 heteroatoms. The van der Waals surface area contributed by atoms with Gasteiger partial charge in [-0.05, 0) is 30.9 Å². The van der Waals surface area contributed by atoms with Gasteiger partial charge in [0.15, 0.2) is 6.10 Å². The second-order valence-corrected chi connectivity index (χ2v) is 5.61. The largest absolute Gasteiger partial charge is 0.449 e. The normalized spacial score (nSPS) is 11.6. The molecule has 5 nitrogen and oxygen atoms in total. The Morgan fingerprint density at radius 2 is 1.96 bits per heavy atom. The average molecular weight is 330 g/mol. The van der Waals surface area contributed by atoms with E-state index in [9.17, 15) is 9.59 Å². The lowest BCUT2D eigenvalue weighted by atomic mass is 10.2. The highest BCUT2D eigenvalue weighted by molar-refractivity contribution is 7.98. The zero-order chi connectivity index (χ0) is 16.7. The SMILES string of the molecule is CSc1ncccc1C(=O)O[C@@H](C)C(=O)NCc1ccccc1. The van der Waals surface area contributed by atoms with Crippen LogP contribution in [0.25, 0.3) is 0 Å². The van der Waals surface area contributed by atoms with Crippen LogP contribution >= 0.6 is 11.8 Å². The van der Waals surface area contributed by atoms with Crippen molar-refractivity contribution < 1.29 is 14.3 Å². The van der Waals surface area contributed by atoms with Gasteiger partial charge in [-0.1, -0.05) is 30.3 Å². The van der Waals surface area contributed by atoms with Crippen molar-refractivity contribution in [3.05, 3.63) is 59.8 Å². The van der Waals surface area contributed by atoms with Crippen LogP contribution in [0, 0.1) is 0 Å². The van der Waals surface area contributed by atoms with Gasteiger partial charge < -0.3 is 10.1 Å². The molecule has 1 atom stereocenters. The van der Waals surface area contributed by atoms with E-state index in [1.807, 2.05) is 36.6 Å². The predicted octanol–water partition coefficient (Wildman–Crippen LogP) is 2.67. The van der Waals surface area contributed by atoms with Crippen LogP contribution in [0.1, 0.15) is 22.8 Å². The molecule has 0 saturated carbocycles. The fourth-order valence-corrected chi connectivity index (χ4v) is 2.45. The van der Waals surface area contributed by atoms with Gasteiger partial charge in [0.2, 0.25) is 0 Å². The summed E-state index contributed by atoms with van der Waals surface area (Å²) in [6.45, 7) is 1.94. The van der Waals surface area contributed by atoms with Crippen molar-refractivity contribution in [3.8, 4) is 0 Å². The molecule has 0 unspecified atom stereocenters. The molecule has 2 aromatic rings. The molecule has 0 aliphatic rings. The van der Waals surface area contributed by atoms with Gasteiger partial charge in [-0.2, -0.15) is 0 Å². The molecule has 1 aromatic carbocycles. The van der Waals surface area contributed by atoms with E-state index in [4.69, 9.17) is 4.74 Å². The molecular weight excluding hydrogens is 312 g/mol. The van der Waals surface area contributed by atoms with Crippen molar-refractivity contribution in [2.45, 2.75) is 24.6 Å². The van der Waals surface area contributed by atoms with Crippen LogP contribution in [0.3, 0.4) is 0 Å². The maximum Gasteiger partial charge on any atom is 0.341 e. The van der Waals surface area contributed by atoms with Gasteiger partial charge in [-0.15, -0.1) is 11.8 Å². The van der Waals surface area contributed by atoms with Crippen LogP contribution in [0.4, 0.5) is 0 Å². The lowest BCUT2D eigenvalue weighted by molar-refractivity contribution is -0.129. The molecule has 0 fully saturated rings. The third-order valence-electron chi connectivity index (χ3n) is 3.15. The lowest BCUT2D eigenvalue weighted by Crippen LogP contribution is -2.35. The molecule has 0 aliphatic heterocycles. The smallest absolute Gasteiger partial charge is 0.341 e. The number of carbonyl (C=O) groups is 2. The number of esters is 1. The van der Waals surface area contributed by atoms with Crippen LogP contribution in [0.15, 0.2) is 53.7 Å². The molecule has 0 aliphatic carbocycles. The number of aromatic nitrogens is 1. The van der Waals surface area contributed by atoms with E-state index < -0.39 is 12.1 Å². The molecular formula is C17H18N2O3S. The van der Waals surface area contributed by atoms with Gasteiger partial charge in [0.25, 0.3) is 5.91 Å². The summed E-state index contributed by atoms with van der Waals surface area (Å²) >= 11 is 1.35. The first-order valence-electron chi connectivity index (χ1n) is 7.13. The number of amides is 1. The molecule has 0 bridgehead atoms. The predicted molar refractivity (Wildman–Crippen MR) is 89.2 cm³/mol. The number of ether oxygens (including phenoxy) is 1. The Hall–Kier alpha value is -2.34. The summed E-state index contributed by atoms with van der Waals surface area (Å²) in [5.74, 6) is -0.887. The van der Waals surface area contributed by atoms with E-state index in [-0.39, 0.29) is 5.91 Å². The number of carbonyl (C=O) groups excluding carboxylic acids is 2. The second kappa shape index (κ2) is 8.33. The summed E-state index contributed by atoms with van der Waals surface area (Å²) in [7, 11) is 0. The molecule has 0 spiro atoms. The molecule has 1 amide bonds. The number of nitrogens with zero attached hydrogens (tertiary/aromatic N) is 1. The van der Waals surface area contributed by atoms with Crippen molar-refractivity contribution in [2.75, 3.05) is 6.26 Å². The van der Waals surface area contributed by atoms with E-state index in [0.717, 1.165) is 5.56 Å². The summed E-state index contributed by atoms with van der Waals surface area (Å²) in [5.41, 5.74) is 1.35. The van der Waals surface area contributed by atoms with Crippen molar-refractivity contribution in [1.82, 2.24) is 10.3 Å². The maximum atomic E-state index is 12.2. The van der Waals surface area contributed by atoms with Crippen molar-refractivity contribution in [2.24, 2.45) is 0 Å². The Morgan fingerprint density at radius 3 is 2.65 bits per heavy atom. The van der Waals surface area contributed by atoms with Crippen LogP contribution in [0.5, 0.6) is 0 Å². The monoisotopic (exact) mass is 330 g/mol.